The van der Waals surface area contributed by atoms with Crippen molar-refractivity contribution in [3.05, 3.63) is 101 Å². The second-order valence-electron chi connectivity index (χ2n) is 10.0. The highest BCUT2D eigenvalue weighted by molar-refractivity contribution is 8.00. The molecule has 1 fully saturated rings. The van der Waals surface area contributed by atoms with E-state index in [1.807, 2.05) is 32.0 Å². The maximum Gasteiger partial charge on any atom is 0.301 e. The number of aliphatic hydroxyl groups is 1. The van der Waals surface area contributed by atoms with Gasteiger partial charge in [-0.2, -0.15) is 0 Å². The van der Waals surface area contributed by atoms with Gasteiger partial charge in [0.25, 0.3) is 5.78 Å². The van der Waals surface area contributed by atoms with E-state index < -0.39 is 17.7 Å². The molecule has 1 atom stereocenters. The predicted octanol–water partition coefficient (Wildman–Crippen LogP) is 7.34. The molecular formula is C33H33N3O5S2. The summed E-state index contributed by atoms with van der Waals surface area (Å²) in [4.78, 5) is 28.5. The predicted molar refractivity (Wildman–Crippen MR) is 170 cm³/mol. The Kier molecular flexibility index (Phi) is 9.79. The van der Waals surface area contributed by atoms with Gasteiger partial charge in [0.1, 0.15) is 17.3 Å². The number of hydrogen-bond acceptors (Lipinski definition) is 9. The van der Waals surface area contributed by atoms with Gasteiger partial charge in [-0.3, -0.25) is 14.5 Å². The van der Waals surface area contributed by atoms with Gasteiger partial charge in [0, 0.05) is 11.3 Å². The highest BCUT2D eigenvalue weighted by Crippen LogP contribution is 2.44. The highest BCUT2D eigenvalue weighted by atomic mass is 32.2. The minimum atomic E-state index is -0.927. The number of Topliss-reactive ketones (excluding diaryl/α,β-unsaturated/α-hetero) is 1. The van der Waals surface area contributed by atoms with Crippen molar-refractivity contribution >= 4 is 45.7 Å². The van der Waals surface area contributed by atoms with Crippen LogP contribution >= 0.6 is 23.1 Å². The van der Waals surface area contributed by atoms with Crippen LogP contribution in [0.1, 0.15) is 55.0 Å². The number of anilines is 1. The lowest BCUT2D eigenvalue weighted by molar-refractivity contribution is -0.132. The highest BCUT2D eigenvalue weighted by Gasteiger charge is 2.48. The van der Waals surface area contributed by atoms with Gasteiger partial charge in [0.2, 0.25) is 5.13 Å². The fraction of sp³-hybridized carbons (Fsp3) is 0.273. The van der Waals surface area contributed by atoms with Crippen LogP contribution < -0.4 is 14.4 Å². The maximum absolute atomic E-state index is 13.6. The number of carbonyl (C=O) groups is 2. The third-order valence-electron chi connectivity index (χ3n) is 6.91. The molecule has 0 saturated carbocycles. The number of carbonyl (C=O) groups excluding carboxylic acids is 2. The van der Waals surface area contributed by atoms with Gasteiger partial charge in [-0.25, -0.2) is 0 Å². The van der Waals surface area contributed by atoms with Crippen molar-refractivity contribution in [3.63, 3.8) is 0 Å². The molecule has 10 heteroatoms. The largest absolute Gasteiger partial charge is 0.507 e. The molecule has 2 heterocycles. The van der Waals surface area contributed by atoms with E-state index in [2.05, 4.69) is 41.4 Å². The van der Waals surface area contributed by atoms with Gasteiger partial charge in [-0.1, -0.05) is 78.4 Å². The van der Waals surface area contributed by atoms with E-state index in [1.54, 1.807) is 30.3 Å². The van der Waals surface area contributed by atoms with E-state index in [4.69, 9.17) is 9.47 Å². The van der Waals surface area contributed by atoms with E-state index in [9.17, 15) is 14.7 Å². The molecule has 0 bridgehead atoms. The Labute approximate surface area is 259 Å². The Morgan fingerprint density at radius 2 is 1.74 bits per heavy atom. The van der Waals surface area contributed by atoms with E-state index in [0.717, 1.165) is 18.4 Å². The number of rotatable bonds is 12. The zero-order chi connectivity index (χ0) is 30.3. The monoisotopic (exact) mass is 615 g/mol. The number of hydrogen-bond donors (Lipinski definition) is 1. The quantitative estimate of drug-likeness (QED) is 0.0441. The maximum atomic E-state index is 13.6. The van der Waals surface area contributed by atoms with E-state index >= 15 is 0 Å². The molecule has 1 amide bonds. The summed E-state index contributed by atoms with van der Waals surface area (Å²) in [7, 11) is 0. The first kappa shape index (κ1) is 30.3. The summed E-state index contributed by atoms with van der Waals surface area (Å²) in [5.41, 5.74) is 3.32. The molecule has 4 aromatic rings. The molecule has 1 aliphatic heterocycles. The average molecular weight is 616 g/mol. The molecule has 0 spiro atoms. The van der Waals surface area contributed by atoms with Crippen molar-refractivity contribution in [2.75, 3.05) is 18.1 Å². The number of aryl methyl sites for hydroxylation is 1. The van der Waals surface area contributed by atoms with Crippen molar-refractivity contribution in [1.29, 1.82) is 0 Å². The zero-order valence-corrected chi connectivity index (χ0v) is 25.9. The zero-order valence-electron chi connectivity index (χ0n) is 24.3. The first-order chi connectivity index (χ1) is 20.9. The van der Waals surface area contributed by atoms with Crippen LogP contribution in [0.15, 0.2) is 82.7 Å². The number of amides is 1. The second kappa shape index (κ2) is 13.9. The first-order valence-electron chi connectivity index (χ1n) is 14.2. The summed E-state index contributed by atoms with van der Waals surface area (Å²) >= 11 is 2.75. The van der Waals surface area contributed by atoms with Crippen LogP contribution in [0.3, 0.4) is 0 Å². The van der Waals surface area contributed by atoms with E-state index in [-0.39, 0.29) is 16.5 Å². The van der Waals surface area contributed by atoms with Crippen molar-refractivity contribution in [2.24, 2.45) is 0 Å². The number of thioether (sulfide) groups is 1. The molecule has 222 valence electrons. The molecule has 8 nitrogen and oxygen atoms in total. The lowest BCUT2D eigenvalue weighted by atomic mass is 9.95. The van der Waals surface area contributed by atoms with Crippen LogP contribution in [0.4, 0.5) is 5.13 Å². The Morgan fingerprint density at radius 1 is 0.977 bits per heavy atom. The summed E-state index contributed by atoms with van der Waals surface area (Å²) in [6.07, 6.45) is 1.89. The third-order valence-corrected chi connectivity index (χ3v) is 9.04. The van der Waals surface area contributed by atoms with Gasteiger partial charge in [0.05, 0.1) is 24.8 Å². The minimum absolute atomic E-state index is 0.0241. The lowest BCUT2D eigenvalue weighted by Gasteiger charge is -2.23. The first-order valence-corrected chi connectivity index (χ1v) is 16.0. The number of aliphatic hydroxyl groups excluding tert-OH is 1. The van der Waals surface area contributed by atoms with Gasteiger partial charge in [-0.05, 0) is 67.8 Å². The molecule has 1 aromatic heterocycles. The molecule has 1 N–H and O–H groups in total. The van der Waals surface area contributed by atoms with Crippen molar-refractivity contribution in [2.45, 2.75) is 49.7 Å². The Balaban J connectivity index is 1.52. The molecule has 1 unspecified atom stereocenters. The van der Waals surface area contributed by atoms with Crippen LogP contribution in [0.5, 0.6) is 11.5 Å². The van der Waals surface area contributed by atoms with Gasteiger partial charge >= 0.3 is 5.91 Å². The van der Waals surface area contributed by atoms with Crippen LogP contribution in [-0.2, 0) is 15.3 Å². The number of unbranched alkanes of at least 4 members (excludes halogenated alkanes) is 1. The fourth-order valence-electron chi connectivity index (χ4n) is 4.67. The van der Waals surface area contributed by atoms with Crippen molar-refractivity contribution < 1.29 is 24.2 Å². The molecule has 0 aliphatic carbocycles. The molecule has 5 rings (SSSR count). The van der Waals surface area contributed by atoms with Gasteiger partial charge in [0.15, 0.2) is 4.34 Å². The number of ether oxygens (including phenoxy) is 2. The Bertz CT molecular complexity index is 1620. The molecule has 3 aromatic carbocycles. The molecule has 43 heavy (non-hydrogen) atoms. The summed E-state index contributed by atoms with van der Waals surface area (Å²) in [6.45, 7) is 7.06. The number of aromatic nitrogens is 2. The molecule has 1 aliphatic rings. The Hall–Kier alpha value is -4.15. The lowest BCUT2D eigenvalue weighted by Crippen LogP contribution is -2.29. The van der Waals surface area contributed by atoms with Crippen LogP contribution in [0.2, 0.25) is 0 Å². The summed E-state index contributed by atoms with van der Waals surface area (Å²) < 4.78 is 12.1. The molecule has 1 saturated heterocycles. The molecular weight excluding hydrogens is 583 g/mol. The summed E-state index contributed by atoms with van der Waals surface area (Å²) in [6, 6.07) is 21.4. The standard InChI is InChI=1S/C33H33N3O5S2/c1-4-6-18-41-26-9-7-8-24(19-26)28-27(29(37)23-14-16-25(17-15-23)40-5-2)30(38)31(39)36(28)32-34-35-33(43-32)42-20-22-12-10-21(3)11-13-22/h7-17,19,28,37H,4-6,18,20H2,1-3H3. The van der Waals surface area contributed by atoms with Crippen molar-refractivity contribution in [1.82, 2.24) is 10.2 Å². The fourth-order valence-corrected chi connectivity index (χ4v) is 6.50. The average Bonchev–Trinajstić information content (AvgIpc) is 3.59. The van der Waals surface area contributed by atoms with Crippen molar-refractivity contribution in [3.8, 4) is 11.5 Å². The van der Waals surface area contributed by atoms with E-state index in [1.165, 1.54) is 33.6 Å². The van der Waals surface area contributed by atoms with Crippen LogP contribution in [0.25, 0.3) is 5.76 Å². The SMILES string of the molecule is CCCCOc1cccc(C2C(=C(O)c3ccc(OCC)cc3)C(=O)C(=O)N2c2nnc(SCc3ccc(C)cc3)s2)c1. The normalized spacial score (nSPS) is 16.1. The smallest absolute Gasteiger partial charge is 0.301 e. The Morgan fingerprint density at radius 3 is 2.47 bits per heavy atom. The topological polar surface area (TPSA) is 102 Å². The second-order valence-corrected chi connectivity index (χ2v) is 12.2. The van der Waals surface area contributed by atoms with Gasteiger partial charge < -0.3 is 14.6 Å². The number of ketones is 1. The molecule has 0 radical (unpaired) electrons. The van der Waals surface area contributed by atoms with Crippen LogP contribution in [0, 0.1) is 6.92 Å². The summed E-state index contributed by atoms with van der Waals surface area (Å²) in [5, 5.41) is 20.4. The minimum Gasteiger partial charge on any atom is -0.507 e. The number of nitrogens with zero attached hydrogens (tertiary/aromatic N) is 3. The number of benzene rings is 3. The third kappa shape index (κ3) is 6.92. The van der Waals surface area contributed by atoms with Crippen LogP contribution in [-0.4, -0.2) is 40.2 Å². The van der Waals surface area contributed by atoms with Gasteiger partial charge in [-0.15, -0.1) is 10.2 Å². The summed E-state index contributed by atoms with van der Waals surface area (Å²) in [5.74, 6) is 0.0941. The van der Waals surface area contributed by atoms with E-state index in [0.29, 0.717) is 45.9 Å².